The predicted octanol–water partition coefficient (Wildman–Crippen LogP) is 7.05. The predicted molar refractivity (Wildman–Crippen MR) is 181 cm³/mol. The maximum atomic E-state index is 13.9. The fourth-order valence-electron chi connectivity index (χ4n) is 5.41. The molecule has 0 radical (unpaired) electrons. The smallest absolute Gasteiger partial charge is 0.301 e. The van der Waals surface area contributed by atoms with Gasteiger partial charge in [0.1, 0.15) is 11.3 Å². The number of Topliss-reactive ketones (excluding diaryl/α,β-unsaturated/α-hetero) is 1. The van der Waals surface area contributed by atoms with Gasteiger partial charge in [-0.3, -0.25) is 14.5 Å². The standard InChI is InChI=1S/C32H27Cl2N5O6S2/c1-15-7-6-10-38-16(2)24(35-29(15)38)26(40)23-25(18-11-21(43-3)28(45-5)22(12-18)44-4)39(30(42)27(23)41)31-36-37-32(47-31)46-14-17-8-9-19(33)13-20(17)34/h6-13,25,40H,14H2,1-5H3. The topological polar surface area (TPSA) is 128 Å². The summed E-state index contributed by atoms with van der Waals surface area (Å²) in [5, 5.41) is 21.6. The molecule has 1 aliphatic rings. The average Bonchev–Trinajstić information content (AvgIpc) is 3.74. The summed E-state index contributed by atoms with van der Waals surface area (Å²) in [5.41, 5.74) is 3.30. The number of methoxy groups -OCH3 is 3. The first-order valence-electron chi connectivity index (χ1n) is 14.0. The maximum absolute atomic E-state index is 13.9. The van der Waals surface area contributed by atoms with Crippen molar-refractivity contribution in [1.82, 2.24) is 19.6 Å². The highest BCUT2D eigenvalue weighted by Gasteiger charge is 2.49. The molecule has 4 heterocycles. The van der Waals surface area contributed by atoms with Gasteiger partial charge in [0.15, 0.2) is 21.6 Å². The molecular weight excluding hydrogens is 685 g/mol. The lowest BCUT2D eigenvalue weighted by Gasteiger charge is -2.24. The van der Waals surface area contributed by atoms with Gasteiger partial charge in [-0.25, -0.2) is 4.98 Å². The zero-order chi connectivity index (χ0) is 33.6. The van der Waals surface area contributed by atoms with E-state index in [4.69, 9.17) is 37.4 Å². The number of aliphatic hydroxyl groups excluding tert-OH is 1. The Labute approximate surface area is 287 Å². The number of aliphatic hydroxyl groups is 1. The second-order valence-electron chi connectivity index (χ2n) is 10.4. The van der Waals surface area contributed by atoms with Crippen LogP contribution < -0.4 is 19.1 Å². The molecule has 5 aromatic rings. The van der Waals surface area contributed by atoms with Gasteiger partial charge in [0.2, 0.25) is 10.9 Å². The van der Waals surface area contributed by atoms with Crippen molar-refractivity contribution >= 4 is 74.5 Å². The third-order valence-electron chi connectivity index (χ3n) is 7.72. The van der Waals surface area contributed by atoms with E-state index in [1.807, 2.05) is 35.7 Å². The molecule has 0 saturated carbocycles. The molecule has 1 amide bonds. The molecule has 1 N–H and O–H groups in total. The summed E-state index contributed by atoms with van der Waals surface area (Å²) >= 11 is 14.9. The number of fused-ring (bicyclic) bond motifs is 1. The van der Waals surface area contributed by atoms with Gasteiger partial charge in [-0.1, -0.05) is 58.4 Å². The van der Waals surface area contributed by atoms with Crippen LogP contribution in [0.2, 0.25) is 10.0 Å². The number of ether oxygens (including phenoxy) is 3. The number of hydrogen-bond acceptors (Lipinski definition) is 11. The molecule has 47 heavy (non-hydrogen) atoms. The number of rotatable bonds is 9. The van der Waals surface area contributed by atoms with Gasteiger partial charge in [0.05, 0.1) is 38.6 Å². The first-order valence-corrected chi connectivity index (χ1v) is 16.6. The lowest BCUT2D eigenvalue weighted by atomic mass is 9.95. The number of aromatic nitrogens is 4. The Morgan fingerprint density at radius 2 is 1.74 bits per heavy atom. The summed E-state index contributed by atoms with van der Waals surface area (Å²) in [4.78, 5) is 33.6. The van der Waals surface area contributed by atoms with Crippen molar-refractivity contribution in [3.63, 3.8) is 0 Å². The number of carbonyl (C=O) groups is 2. The van der Waals surface area contributed by atoms with Gasteiger partial charge >= 0.3 is 5.91 Å². The molecule has 0 aliphatic carbocycles. The fraction of sp³-hybridized carbons (Fsp3) is 0.219. The first-order chi connectivity index (χ1) is 22.6. The number of thioether (sulfide) groups is 1. The number of nitrogens with zero attached hydrogens (tertiary/aromatic N) is 5. The van der Waals surface area contributed by atoms with Crippen LogP contribution in [0, 0.1) is 13.8 Å². The van der Waals surface area contributed by atoms with Crippen LogP contribution >= 0.6 is 46.3 Å². The fourth-order valence-corrected chi connectivity index (χ4v) is 7.84. The summed E-state index contributed by atoms with van der Waals surface area (Å²) in [6.07, 6.45) is 1.81. The molecule has 3 aromatic heterocycles. The molecule has 11 nitrogen and oxygen atoms in total. The van der Waals surface area contributed by atoms with Crippen LogP contribution in [0.5, 0.6) is 17.2 Å². The number of imidazole rings is 1. The van der Waals surface area contributed by atoms with E-state index in [0.717, 1.165) is 22.5 Å². The van der Waals surface area contributed by atoms with Crippen molar-refractivity contribution in [2.75, 3.05) is 26.2 Å². The normalized spacial score (nSPS) is 15.9. The van der Waals surface area contributed by atoms with Crippen molar-refractivity contribution in [3.8, 4) is 17.2 Å². The van der Waals surface area contributed by atoms with E-state index in [9.17, 15) is 14.7 Å². The first kappa shape index (κ1) is 32.6. The van der Waals surface area contributed by atoms with E-state index in [1.54, 1.807) is 31.2 Å². The largest absolute Gasteiger partial charge is 0.505 e. The van der Waals surface area contributed by atoms with Crippen molar-refractivity contribution in [2.45, 2.75) is 30.0 Å². The lowest BCUT2D eigenvalue weighted by Crippen LogP contribution is -2.29. The second kappa shape index (κ2) is 13.1. The van der Waals surface area contributed by atoms with E-state index in [1.165, 1.54) is 38.0 Å². The molecule has 1 atom stereocenters. The van der Waals surface area contributed by atoms with Crippen LogP contribution in [0.25, 0.3) is 11.4 Å². The quantitative estimate of drug-likeness (QED) is 0.0558. The van der Waals surface area contributed by atoms with Crippen molar-refractivity contribution in [1.29, 1.82) is 0 Å². The molecule has 0 spiro atoms. The molecule has 242 valence electrons. The third-order valence-corrected chi connectivity index (χ3v) is 10.4. The summed E-state index contributed by atoms with van der Waals surface area (Å²) in [6, 6.07) is 11.1. The van der Waals surface area contributed by atoms with Gasteiger partial charge in [-0.05, 0) is 60.9 Å². The van der Waals surface area contributed by atoms with E-state index >= 15 is 0 Å². The third kappa shape index (κ3) is 5.77. The molecule has 1 fully saturated rings. The van der Waals surface area contributed by atoms with Gasteiger partial charge in [-0.2, -0.15) is 0 Å². The second-order valence-corrected chi connectivity index (χ2v) is 13.5. The van der Waals surface area contributed by atoms with E-state index in [-0.39, 0.29) is 16.4 Å². The number of ketones is 1. The van der Waals surface area contributed by atoms with Crippen molar-refractivity contribution in [3.05, 3.63) is 92.4 Å². The van der Waals surface area contributed by atoms with Crippen LogP contribution in [0.15, 0.2) is 58.6 Å². The number of amides is 1. The zero-order valence-electron chi connectivity index (χ0n) is 25.7. The summed E-state index contributed by atoms with van der Waals surface area (Å²) in [6.45, 7) is 3.67. The van der Waals surface area contributed by atoms with Gasteiger partial charge < -0.3 is 23.7 Å². The lowest BCUT2D eigenvalue weighted by molar-refractivity contribution is -0.132. The van der Waals surface area contributed by atoms with Crippen LogP contribution in [0.3, 0.4) is 0 Å². The van der Waals surface area contributed by atoms with Crippen LogP contribution in [0.1, 0.15) is 34.1 Å². The molecule has 15 heteroatoms. The molecule has 6 rings (SSSR count). The number of halogens is 2. The SMILES string of the molecule is COc1cc(C2C(=C(O)c3nc4c(C)cccn4c3C)C(=O)C(=O)N2c2nnc(SCc3ccc(Cl)cc3Cl)s2)cc(OC)c1OC. The molecule has 0 bridgehead atoms. The average molecular weight is 713 g/mol. The number of carbonyl (C=O) groups excluding carboxylic acids is 2. The van der Waals surface area contributed by atoms with Crippen molar-refractivity contribution in [2.24, 2.45) is 0 Å². The van der Waals surface area contributed by atoms with Gasteiger partial charge in [0.25, 0.3) is 5.78 Å². The minimum absolute atomic E-state index is 0.150. The Morgan fingerprint density at radius 1 is 1.02 bits per heavy atom. The Balaban J connectivity index is 1.49. The molecule has 2 aromatic carbocycles. The van der Waals surface area contributed by atoms with Gasteiger partial charge in [-0.15, -0.1) is 10.2 Å². The molecule has 1 saturated heterocycles. The zero-order valence-corrected chi connectivity index (χ0v) is 28.8. The van der Waals surface area contributed by atoms with Crippen LogP contribution in [-0.4, -0.2) is 57.7 Å². The molecular formula is C32H27Cl2N5O6S2. The van der Waals surface area contributed by atoms with Gasteiger partial charge in [0, 0.05) is 22.0 Å². The van der Waals surface area contributed by atoms with E-state index in [0.29, 0.717) is 54.3 Å². The Bertz CT molecular complexity index is 2070. The van der Waals surface area contributed by atoms with Crippen LogP contribution in [-0.2, 0) is 15.3 Å². The Hall–Kier alpha value is -4.30. The number of benzene rings is 2. The maximum Gasteiger partial charge on any atom is 0.301 e. The molecule has 1 unspecified atom stereocenters. The van der Waals surface area contributed by atoms with E-state index in [2.05, 4.69) is 15.2 Å². The minimum atomic E-state index is -1.15. The highest BCUT2D eigenvalue weighted by molar-refractivity contribution is 8.00. The Morgan fingerprint density at radius 3 is 2.38 bits per heavy atom. The highest BCUT2D eigenvalue weighted by atomic mass is 35.5. The van der Waals surface area contributed by atoms with Crippen molar-refractivity contribution < 1.29 is 28.9 Å². The summed E-state index contributed by atoms with van der Waals surface area (Å²) in [5.74, 6) is -0.866. The number of aryl methyl sites for hydroxylation is 2. The Kier molecular flexibility index (Phi) is 9.07. The molecule has 1 aliphatic heterocycles. The number of pyridine rings is 1. The number of anilines is 1. The summed E-state index contributed by atoms with van der Waals surface area (Å²) in [7, 11) is 4.39. The van der Waals surface area contributed by atoms with Crippen LogP contribution in [0.4, 0.5) is 5.13 Å². The minimum Gasteiger partial charge on any atom is -0.505 e. The highest BCUT2D eigenvalue weighted by Crippen LogP contribution is 2.48. The van der Waals surface area contributed by atoms with E-state index < -0.39 is 23.5 Å². The summed E-state index contributed by atoms with van der Waals surface area (Å²) < 4.78 is 19.0. The monoisotopic (exact) mass is 711 g/mol. The number of hydrogen-bond donors (Lipinski definition) is 1.